The fourth-order valence-corrected chi connectivity index (χ4v) is 1.15. The Morgan fingerprint density at radius 1 is 1.47 bits per heavy atom. The summed E-state index contributed by atoms with van der Waals surface area (Å²) in [6, 6.07) is 6.02. The SMILES string of the molecule is O=C(Nc1cccc(O)c1)n1ccnc1. The van der Waals surface area contributed by atoms with Crippen molar-refractivity contribution in [2.75, 3.05) is 5.32 Å². The monoisotopic (exact) mass is 203 g/mol. The molecule has 0 radical (unpaired) electrons. The standard InChI is InChI=1S/C10H9N3O2/c14-9-3-1-2-8(6-9)12-10(15)13-5-4-11-7-13/h1-7,14H,(H,12,15). The van der Waals surface area contributed by atoms with Crippen LogP contribution in [-0.2, 0) is 0 Å². The third-order valence-electron chi connectivity index (χ3n) is 1.84. The highest BCUT2D eigenvalue weighted by molar-refractivity contribution is 5.90. The number of anilines is 1. The Balaban J connectivity index is 2.13. The van der Waals surface area contributed by atoms with Crippen molar-refractivity contribution in [3.05, 3.63) is 43.0 Å². The van der Waals surface area contributed by atoms with Crippen molar-refractivity contribution in [3.63, 3.8) is 0 Å². The summed E-state index contributed by atoms with van der Waals surface area (Å²) in [7, 11) is 0. The number of carbonyl (C=O) groups excluding carboxylic acids is 1. The van der Waals surface area contributed by atoms with Gasteiger partial charge >= 0.3 is 6.03 Å². The molecule has 0 fully saturated rings. The van der Waals surface area contributed by atoms with Crippen molar-refractivity contribution >= 4 is 11.7 Å². The molecule has 1 amide bonds. The summed E-state index contributed by atoms with van der Waals surface area (Å²) in [4.78, 5) is 15.3. The van der Waals surface area contributed by atoms with Gasteiger partial charge in [-0.3, -0.25) is 4.57 Å². The van der Waals surface area contributed by atoms with Gasteiger partial charge in [-0.1, -0.05) is 6.07 Å². The summed E-state index contributed by atoms with van der Waals surface area (Å²) in [6.45, 7) is 0. The van der Waals surface area contributed by atoms with Crippen LogP contribution >= 0.6 is 0 Å². The second-order valence-electron chi connectivity index (χ2n) is 2.95. The lowest BCUT2D eigenvalue weighted by molar-refractivity contribution is 0.253. The predicted octanol–water partition coefficient (Wildman–Crippen LogP) is 1.67. The van der Waals surface area contributed by atoms with E-state index in [1.165, 1.54) is 35.4 Å². The van der Waals surface area contributed by atoms with E-state index in [1.807, 2.05) is 0 Å². The van der Waals surface area contributed by atoms with E-state index in [0.717, 1.165) is 0 Å². The number of carbonyl (C=O) groups is 1. The molecule has 5 nitrogen and oxygen atoms in total. The first-order valence-electron chi connectivity index (χ1n) is 4.34. The molecule has 76 valence electrons. The van der Waals surface area contributed by atoms with Crippen LogP contribution < -0.4 is 5.32 Å². The van der Waals surface area contributed by atoms with Crippen molar-refractivity contribution in [1.82, 2.24) is 9.55 Å². The van der Waals surface area contributed by atoms with Crippen LogP contribution in [0.3, 0.4) is 0 Å². The van der Waals surface area contributed by atoms with E-state index >= 15 is 0 Å². The first-order valence-corrected chi connectivity index (χ1v) is 4.34. The molecule has 0 spiro atoms. The van der Waals surface area contributed by atoms with Crippen molar-refractivity contribution in [1.29, 1.82) is 0 Å². The zero-order valence-corrected chi connectivity index (χ0v) is 7.79. The molecule has 0 saturated heterocycles. The second-order valence-corrected chi connectivity index (χ2v) is 2.95. The maximum absolute atomic E-state index is 11.5. The molecular weight excluding hydrogens is 194 g/mol. The van der Waals surface area contributed by atoms with Crippen LogP contribution in [0.15, 0.2) is 43.0 Å². The average Bonchev–Trinajstić information content (AvgIpc) is 2.70. The minimum atomic E-state index is -0.321. The number of hydrogen-bond donors (Lipinski definition) is 2. The number of phenols is 1. The van der Waals surface area contributed by atoms with Gasteiger partial charge in [0.05, 0.1) is 0 Å². The Labute approximate surface area is 86.0 Å². The van der Waals surface area contributed by atoms with Crippen LogP contribution in [0.5, 0.6) is 5.75 Å². The molecule has 2 aromatic rings. The van der Waals surface area contributed by atoms with E-state index in [9.17, 15) is 9.90 Å². The van der Waals surface area contributed by atoms with Gasteiger partial charge in [-0.25, -0.2) is 9.78 Å². The van der Waals surface area contributed by atoms with Crippen LogP contribution in [0.25, 0.3) is 0 Å². The van der Waals surface area contributed by atoms with Gasteiger partial charge in [-0.15, -0.1) is 0 Å². The number of aromatic hydroxyl groups is 1. The van der Waals surface area contributed by atoms with Crippen molar-refractivity contribution in [2.24, 2.45) is 0 Å². The van der Waals surface area contributed by atoms with Gasteiger partial charge < -0.3 is 10.4 Å². The number of benzene rings is 1. The summed E-state index contributed by atoms with van der Waals surface area (Å²) in [6.07, 6.45) is 4.46. The number of imidazole rings is 1. The molecule has 0 aliphatic rings. The van der Waals surface area contributed by atoms with E-state index in [4.69, 9.17) is 0 Å². The van der Waals surface area contributed by atoms with E-state index in [1.54, 1.807) is 12.1 Å². The third-order valence-corrected chi connectivity index (χ3v) is 1.84. The van der Waals surface area contributed by atoms with Crippen molar-refractivity contribution in [2.45, 2.75) is 0 Å². The lowest BCUT2D eigenvalue weighted by atomic mass is 10.3. The number of hydrogen-bond acceptors (Lipinski definition) is 3. The van der Waals surface area contributed by atoms with Gasteiger partial charge in [0.15, 0.2) is 0 Å². The molecule has 2 N–H and O–H groups in total. The van der Waals surface area contributed by atoms with Crippen LogP contribution in [-0.4, -0.2) is 20.7 Å². The topological polar surface area (TPSA) is 67.2 Å². The summed E-state index contributed by atoms with van der Waals surface area (Å²) < 4.78 is 1.31. The van der Waals surface area contributed by atoms with Crippen LogP contribution in [0.2, 0.25) is 0 Å². The van der Waals surface area contributed by atoms with Gasteiger partial charge in [0.1, 0.15) is 12.1 Å². The summed E-state index contributed by atoms with van der Waals surface area (Å²) >= 11 is 0. The number of aromatic nitrogens is 2. The molecule has 1 aromatic carbocycles. The molecule has 15 heavy (non-hydrogen) atoms. The lowest BCUT2D eigenvalue weighted by Crippen LogP contribution is -2.17. The molecule has 0 aliphatic carbocycles. The lowest BCUT2D eigenvalue weighted by Gasteiger charge is -2.04. The summed E-state index contributed by atoms with van der Waals surface area (Å²) in [5, 5.41) is 11.8. The van der Waals surface area contributed by atoms with Gasteiger partial charge in [0, 0.05) is 24.1 Å². The molecule has 0 bridgehead atoms. The van der Waals surface area contributed by atoms with E-state index < -0.39 is 0 Å². The molecule has 0 aliphatic heterocycles. The number of phenolic OH excluding ortho intramolecular Hbond substituents is 1. The highest BCUT2D eigenvalue weighted by atomic mass is 16.3. The molecule has 5 heteroatoms. The normalized spacial score (nSPS) is 9.87. The Bertz CT molecular complexity index is 465. The quantitative estimate of drug-likeness (QED) is 0.740. The van der Waals surface area contributed by atoms with Crippen molar-refractivity contribution in [3.8, 4) is 5.75 Å². The minimum absolute atomic E-state index is 0.110. The molecule has 1 heterocycles. The van der Waals surface area contributed by atoms with Gasteiger partial charge in [0.2, 0.25) is 0 Å². The maximum Gasteiger partial charge on any atom is 0.331 e. The van der Waals surface area contributed by atoms with Crippen molar-refractivity contribution < 1.29 is 9.90 Å². The zero-order valence-electron chi connectivity index (χ0n) is 7.79. The number of nitrogens with one attached hydrogen (secondary N) is 1. The highest BCUT2D eigenvalue weighted by Crippen LogP contribution is 2.15. The van der Waals surface area contributed by atoms with E-state index in [2.05, 4.69) is 10.3 Å². The summed E-state index contributed by atoms with van der Waals surface area (Å²) in [5.74, 6) is 0.110. The summed E-state index contributed by atoms with van der Waals surface area (Å²) in [5.41, 5.74) is 0.536. The Hall–Kier alpha value is -2.30. The molecule has 0 atom stereocenters. The number of rotatable bonds is 1. The molecule has 1 aromatic heterocycles. The second kappa shape index (κ2) is 3.83. The van der Waals surface area contributed by atoms with Crippen LogP contribution in [0.1, 0.15) is 0 Å². The largest absolute Gasteiger partial charge is 0.508 e. The molecule has 2 rings (SSSR count). The maximum atomic E-state index is 11.5. The third kappa shape index (κ3) is 2.14. The van der Waals surface area contributed by atoms with Crippen LogP contribution in [0, 0.1) is 0 Å². The highest BCUT2D eigenvalue weighted by Gasteiger charge is 2.03. The van der Waals surface area contributed by atoms with Gasteiger partial charge in [-0.05, 0) is 12.1 Å². The molecule has 0 unspecified atom stereocenters. The van der Waals surface area contributed by atoms with Gasteiger partial charge in [-0.2, -0.15) is 0 Å². The fraction of sp³-hybridized carbons (Fsp3) is 0. The van der Waals surface area contributed by atoms with Gasteiger partial charge in [0.25, 0.3) is 0 Å². The van der Waals surface area contributed by atoms with Crippen LogP contribution in [0.4, 0.5) is 10.5 Å². The number of amides is 1. The fourth-order valence-electron chi connectivity index (χ4n) is 1.15. The molecule has 0 saturated carbocycles. The first-order chi connectivity index (χ1) is 7.25. The smallest absolute Gasteiger partial charge is 0.331 e. The Morgan fingerprint density at radius 3 is 3.00 bits per heavy atom. The van der Waals surface area contributed by atoms with E-state index in [0.29, 0.717) is 5.69 Å². The first kappa shape index (κ1) is 9.26. The number of nitrogens with zero attached hydrogens (tertiary/aromatic N) is 2. The Morgan fingerprint density at radius 2 is 2.33 bits per heavy atom. The molecular formula is C10H9N3O2. The average molecular weight is 203 g/mol. The Kier molecular flexibility index (Phi) is 2.37. The van der Waals surface area contributed by atoms with E-state index in [-0.39, 0.29) is 11.8 Å². The predicted molar refractivity (Wildman–Crippen MR) is 54.8 cm³/mol. The zero-order chi connectivity index (χ0) is 10.7. The minimum Gasteiger partial charge on any atom is -0.508 e.